The number of benzene rings is 1. The van der Waals surface area contributed by atoms with Crippen LogP contribution in [0.3, 0.4) is 0 Å². The van der Waals surface area contributed by atoms with Crippen molar-refractivity contribution in [1.29, 1.82) is 0 Å². The van der Waals surface area contributed by atoms with Crippen LogP contribution in [0.15, 0.2) is 29.4 Å². The van der Waals surface area contributed by atoms with E-state index < -0.39 is 0 Å². The number of rotatable bonds is 6. The predicted molar refractivity (Wildman–Crippen MR) is 92.5 cm³/mol. The van der Waals surface area contributed by atoms with E-state index in [-0.39, 0.29) is 11.9 Å². The predicted octanol–water partition coefficient (Wildman–Crippen LogP) is 3.14. The van der Waals surface area contributed by atoms with Gasteiger partial charge >= 0.3 is 0 Å². The van der Waals surface area contributed by atoms with E-state index in [2.05, 4.69) is 22.4 Å². The maximum absolute atomic E-state index is 12.0. The molecule has 1 saturated carbocycles. The van der Waals surface area contributed by atoms with Gasteiger partial charge in [0.25, 0.3) is 0 Å². The molecule has 1 N–H and O–H groups in total. The minimum atomic E-state index is 0.0386. The number of carbonyl (C=O) groups excluding carboxylic acids is 1. The van der Waals surface area contributed by atoms with Crippen molar-refractivity contribution in [2.75, 3.05) is 5.75 Å². The summed E-state index contributed by atoms with van der Waals surface area (Å²) in [5, 5.41) is 12.7. The van der Waals surface area contributed by atoms with Crippen LogP contribution in [-0.4, -0.2) is 32.5 Å². The zero-order valence-corrected chi connectivity index (χ0v) is 14.7. The Morgan fingerprint density at radius 1 is 1.43 bits per heavy atom. The van der Waals surface area contributed by atoms with Crippen LogP contribution in [0.1, 0.15) is 19.8 Å². The fourth-order valence-corrected chi connectivity index (χ4v) is 3.40. The largest absolute Gasteiger partial charge is 0.353 e. The molecule has 1 aromatic heterocycles. The molecule has 1 aliphatic carbocycles. The van der Waals surface area contributed by atoms with Gasteiger partial charge in [-0.2, -0.15) is 0 Å². The number of carbonyl (C=O) groups is 1. The molecule has 1 atom stereocenters. The number of nitrogens with zero attached hydrogens (tertiary/aromatic N) is 3. The Bertz CT molecular complexity index is 714. The van der Waals surface area contributed by atoms with Gasteiger partial charge in [0.15, 0.2) is 11.0 Å². The molecule has 7 heteroatoms. The first-order valence-corrected chi connectivity index (χ1v) is 8.99. The summed E-state index contributed by atoms with van der Waals surface area (Å²) in [7, 11) is 1.88. The molecule has 5 nitrogen and oxygen atoms in total. The highest BCUT2D eigenvalue weighted by Crippen LogP contribution is 2.32. The standard InChI is InChI=1S/C16H19ClN4OS/c1-10(11-7-8-11)18-14(22)9-23-16-20-19-15(21(16)2)12-5-3-4-6-13(12)17/h3-6,10-11H,7-9H2,1-2H3,(H,18,22). The van der Waals surface area contributed by atoms with Crippen LogP contribution < -0.4 is 5.32 Å². The third-order valence-electron chi connectivity index (χ3n) is 4.00. The van der Waals surface area contributed by atoms with Gasteiger partial charge in [0, 0.05) is 18.7 Å². The third kappa shape index (κ3) is 3.87. The Balaban J connectivity index is 1.63. The van der Waals surface area contributed by atoms with E-state index >= 15 is 0 Å². The van der Waals surface area contributed by atoms with Crippen molar-refractivity contribution < 1.29 is 4.79 Å². The molecule has 1 unspecified atom stereocenters. The summed E-state index contributed by atoms with van der Waals surface area (Å²) in [6, 6.07) is 7.79. The summed E-state index contributed by atoms with van der Waals surface area (Å²) in [6.45, 7) is 2.07. The van der Waals surface area contributed by atoms with E-state index in [1.165, 1.54) is 24.6 Å². The van der Waals surface area contributed by atoms with Crippen molar-refractivity contribution in [1.82, 2.24) is 20.1 Å². The van der Waals surface area contributed by atoms with E-state index in [4.69, 9.17) is 11.6 Å². The second-order valence-electron chi connectivity index (χ2n) is 5.83. The summed E-state index contributed by atoms with van der Waals surface area (Å²) < 4.78 is 1.86. The van der Waals surface area contributed by atoms with Crippen LogP contribution in [0.25, 0.3) is 11.4 Å². The number of nitrogens with one attached hydrogen (secondary N) is 1. The van der Waals surface area contributed by atoms with E-state index in [1.807, 2.05) is 35.9 Å². The SMILES string of the molecule is CC(NC(=O)CSc1nnc(-c2ccccc2Cl)n1C)C1CC1. The van der Waals surface area contributed by atoms with Crippen molar-refractivity contribution in [3.63, 3.8) is 0 Å². The van der Waals surface area contributed by atoms with E-state index in [1.54, 1.807) is 0 Å². The minimum Gasteiger partial charge on any atom is -0.353 e. The number of hydrogen-bond acceptors (Lipinski definition) is 4. The quantitative estimate of drug-likeness (QED) is 0.813. The van der Waals surface area contributed by atoms with Gasteiger partial charge in [-0.1, -0.05) is 35.5 Å². The highest BCUT2D eigenvalue weighted by atomic mass is 35.5. The smallest absolute Gasteiger partial charge is 0.230 e. The zero-order valence-electron chi connectivity index (χ0n) is 13.1. The first kappa shape index (κ1) is 16.3. The van der Waals surface area contributed by atoms with Gasteiger partial charge in [0.05, 0.1) is 10.8 Å². The lowest BCUT2D eigenvalue weighted by molar-refractivity contribution is -0.119. The van der Waals surface area contributed by atoms with Crippen molar-refractivity contribution >= 4 is 29.3 Å². The minimum absolute atomic E-state index is 0.0386. The Hall–Kier alpha value is -1.53. The van der Waals surface area contributed by atoms with Gasteiger partial charge in [0.2, 0.25) is 5.91 Å². The van der Waals surface area contributed by atoms with Crippen molar-refractivity contribution in [2.45, 2.75) is 31.0 Å². The van der Waals surface area contributed by atoms with Crippen LogP contribution >= 0.6 is 23.4 Å². The van der Waals surface area contributed by atoms with Gasteiger partial charge in [-0.25, -0.2) is 0 Å². The molecule has 0 spiro atoms. The van der Waals surface area contributed by atoms with Crippen LogP contribution in [0.5, 0.6) is 0 Å². The Kier molecular flexibility index (Phi) is 4.92. The lowest BCUT2D eigenvalue weighted by atomic mass is 10.2. The first-order valence-electron chi connectivity index (χ1n) is 7.62. The fraction of sp³-hybridized carbons (Fsp3) is 0.438. The van der Waals surface area contributed by atoms with Gasteiger partial charge in [-0.15, -0.1) is 10.2 Å². The number of halogens is 1. The van der Waals surface area contributed by atoms with Gasteiger partial charge in [-0.05, 0) is 37.8 Å². The maximum Gasteiger partial charge on any atom is 0.230 e. The third-order valence-corrected chi connectivity index (χ3v) is 5.35. The molecule has 2 aromatic rings. The highest BCUT2D eigenvalue weighted by molar-refractivity contribution is 7.99. The summed E-state index contributed by atoms with van der Waals surface area (Å²) in [5.74, 6) is 1.73. The van der Waals surface area contributed by atoms with Crippen LogP contribution in [-0.2, 0) is 11.8 Å². The highest BCUT2D eigenvalue weighted by Gasteiger charge is 2.28. The van der Waals surface area contributed by atoms with Gasteiger partial charge < -0.3 is 9.88 Å². The van der Waals surface area contributed by atoms with Gasteiger partial charge in [-0.3, -0.25) is 4.79 Å². The monoisotopic (exact) mass is 350 g/mol. The normalized spacial score (nSPS) is 15.4. The molecule has 0 radical (unpaired) electrons. The summed E-state index contributed by atoms with van der Waals surface area (Å²) in [4.78, 5) is 12.0. The average Bonchev–Trinajstić information content (AvgIpc) is 3.31. The van der Waals surface area contributed by atoms with E-state index in [0.29, 0.717) is 27.7 Å². The Labute approximate surface area is 144 Å². The molecule has 0 aliphatic heterocycles. The molecular formula is C16H19ClN4OS. The fourth-order valence-electron chi connectivity index (χ4n) is 2.46. The summed E-state index contributed by atoms with van der Waals surface area (Å²) in [6.07, 6.45) is 2.44. The lowest BCUT2D eigenvalue weighted by Gasteiger charge is -2.12. The zero-order chi connectivity index (χ0) is 16.4. The number of thioether (sulfide) groups is 1. The lowest BCUT2D eigenvalue weighted by Crippen LogP contribution is -2.35. The maximum atomic E-state index is 12.0. The molecule has 1 amide bonds. The van der Waals surface area contributed by atoms with Crippen LogP contribution in [0.2, 0.25) is 5.02 Å². The van der Waals surface area contributed by atoms with Crippen molar-refractivity contribution in [3.8, 4) is 11.4 Å². The van der Waals surface area contributed by atoms with E-state index in [0.717, 1.165) is 5.56 Å². The number of aromatic nitrogens is 3. The molecule has 1 aromatic carbocycles. The second kappa shape index (κ2) is 6.93. The summed E-state index contributed by atoms with van der Waals surface area (Å²) >= 11 is 7.59. The van der Waals surface area contributed by atoms with Crippen molar-refractivity contribution in [3.05, 3.63) is 29.3 Å². The molecule has 3 rings (SSSR count). The number of hydrogen-bond donors (Lipinski definition) is 1. The van der Waals surface area contributed by atoms with Crippen LogP contribution in [0, 0.1) is 5.92 Å². The molecule has 1 fully saturated rings. The van der Waals surface area contributed by atoms with E-state index in [9.17, 15) is 4.79 Å². The molecule has 0 bridgehead atoms. The second-order valence-corrected chi connectivity index (χ2v) is 7.18. The first-order chi connectivity index (χ1) is 11.1. The van der Waals surface area contributed by atoms with Gasteiger partial charge in [0.1, 0.15) is 0 Å². The molecule has 0 saturated heterocycles. The van der Waals surface area contributed by atoms with Crippen LogP contribution in [0.4, 0.5) is 0 Å². The Morgan fingerprint density at radius 2 is 2.17 bits per heavy atom. The van der Waals surface area contributed by atoms with Crippen molar-refractivity contribution in [2.24, 2.45) is 13.0 Å². The molecule has 1 aliphatic rings. The Morgan fingerprint density at radius 3 is 2.87 bits per heavy atom. The topological polar surface area (TPSA) is 59.8 Å². The molecular weight excluding hydrogens is 332 g/mol. The number of amides is 1. The average molecular weight is 351 g/mol. The summed E-state index contributed by atoms with van der Waals surface area (Å²) in [5.41, 5.74) is 0.836. The molecule has 23 heavy (non-hydrogen) atoms. The molecule has 1 heterocycles. The molecule has 122 valence electrons.